The minimum atomic E-state index is -1.17. The molecule has 8 heteroatoms. The Labute approximate surface area is 136 Å². The molecule has 23 heavy (non-hydrogen) atoms. The van der Waals surface area contributed by atoms with E-state index in [4.69, 9.17) is 21.4 Å². The molecule has 0 bridgehead atoms. The zero-order valence-electron chi connectivity index (χ0n) is 12.5. The molecule has 1 aromatic carbocycles. The first-order chi connectivity index (χ1) is 11.0. The molecule has 2 heterocycles. The fraction of sp³-hybridized carbons (Fsp3) is 0.400. The fourth-order valence-electron chi connectivity index (χ4n) is 2.85. The van der Waals surface area contributed by atoms with E-state index in [-0.39, 0.29) is 11.6 Å². The first-order valence-corrected chi connectivity index (χ1v) is 7.64. The number of carbonyl (C=O) groups is 1. The topological polar surface area (TPSA) is 93.5 Å². The molecule has 0 saturated carbocycles. The summed E-state index contributed by atoms with van der Waals surface area (Å²) < 4.78 is 6.88. The van der Waals surface area contributed by atoms with Crippen molar-refractivity contribution in [3.8, 4) is 0 Å². The summed E-state index contributed by atoms with van der Waals surface area (Å²) in [5.74, 6) is 0.364. The maximum Gasteiger partial charge on any atom is 0.405 e. The molecule has 1 aromatic heterocycles. The molecule has 0 radical (unpaired) electrons. The van der Waals surface area contributed by atoms with Crippen LogP contribution < -0.4 is 10.9 Å². The second-order valence-corrected chi connectivity index (χ2v) is 5.87. The number of amides is 1. The van der Waals surface area contributed by atoms with Gasteiger partial charge in [-0.15, -0.1) is 0 Å². The number of nitrogens with zero attached hydrogens (tertiary/aromatic N) is 2. The minimum absolute atomic E-state index is 0.177. The maximum atomic E-state index is 13.0. The lowest BCUT2D eigenvalue weighted by Gasteiger charge is -2.22. The van der Waals surface area contributed by atoms with Gasteiger partial charge in [0.1, 0.15) is 5.82 Å². The summed E-state index contributed by atoms with van der Waals surface area (Å²) in [6, 6.07) is 4.22. The van der Waals surface area contributed by atoms with Crippen LogP contribution in [0.5, 0.6) is 0 Å². The van der Waals surface area contributed by atoms with Crippen molar-refractivity contribution < 1.29 is 14.6 Å². The minimum Gasteiger partial charge on any atom is -0.465 e. The van der Waals surface area contributed by atoms with Gasteiger partial charge in [-0.3, -0.25) is 9.36 Å². The van der Waals surface area contributed by atoms with Gasteiger partial charge < -0.3 is 15.2 Å². The highest BCUT2D eigenvalue weighted by atomic mass is 35.5. The predicted molar refractivity (Wildman–Crippen MR) is 85.1 cm³/mol. The lowest BCUT2D eigenvalue weighted by Crippen LogP contribution is -2.35. The molecule has 1 saturated heterocycles. The van der Waals surface area contributed by atoms with Crippen LogP contribution in [0.4, 0.5) is 4.79 Å². The van der Waals surface area contributed by atoms with Crippen LogP contribution >= 0.6 is 11.6 Å². The molecule has 1 fully saturated rings. The van der Waals surface area contributed by atoms with Crippen LogP contribution in [0.25, 0.3) is 10.9 Å². The summed E-state index contributed by atoms with van der Waals surface area (Å²) in [4.78, 5) is 28.4. The second-order valence-electron chi connectivity index (χ2n) is 5.47. The van der Waals surface area contributed by atoms with Gasteiger partial charge in [0.2, 0.25) is 0 Å². The Hall–Kier alpha value is -2.12. The van der Waals surface area contributed by atoms with Gasteiger partial charge in [0, 0.05) is 6.61 Å². The molecule has 2 aromatic rings. The number of fused-ring (bicyclic) bond motifs is 1. The molecule has 0 spiro atoms. The van der Waals surface area contributed by atoms with Crippen molar-refractivity contribution in [2.45, 2.75) is 25.4 Å². The third kappa shape index (κ3) is 2.89. The van der Waals surface area contributed by atoms with Crippen molar-refractivity contribution in [3.05, 3.63) is 39.4 Å². The molecule has 7 nitrogen and oxygen atoms in total. The lowest BCUT2D eigenvalue weighted by molar-refractivity contribution is 0.183. The Balaban J connectivity index is 2.25. The highest BCUT2D eigenvalue weighted by Gasteiger charge is 2.26. The quantitative estimate of drug-likeness (QED) is 0.896. The van der Waals surface area contributed by atoms with Gasteiger partial charge in [0.15, 0.2) is 0 Å². The summed E-state index contributed by atoms with van der Waals surface area (Å²) >= 11 is 6.16. The number of rotatable bonds is 3. The van der Waals surface area contributed by atoms with Gasteiger partial charge in [-0.05, 0) is 25.5 Å². The third-order valence-electron chi connectivity index (χ3n) is 3.90. The number of benzene rings is 1. The number of nitrogens with one attached hydrogen (secondary N) is 1. The van der Waals surface area contributed by atoms with Crippen LogP contribution in [0.1, 0.15) is 31.3 Å². The molecule has 0 aliphatic carbocycles. The van der Waals surface area contributed by atoms with Crippen molar-refractivity contribution in [1.82, 2.24) is 14.9 Å². The third-order valence-corrected chi connectivity index (χ3v) is 4.22. The van der Waals surface area contributed by atoms with Crippen molar-refractivity contribution in [2.75, 3.05) is 13.2 Å². The number of aromatic nitrogens is 2. The Morgan fingerprint density at radius 2 is 2.35 bits per heavy atom. The SMILES string of the molecule is C[C@H](NC(=O)O)c1nc2cccc(Cl)c2c(=O)n1[C@H]1CCOC1. The van der Waals surface area contributed by atoms with Gasteiger partial charge in [-0.2, -0.15) is 0 Å². The molecule has 122 valence electrons. The highest BCUT2D eigenvalue weighted by Crippen LogP contribution is 2.25. The number of halogens is 1. The molecule has 1 aliphatic rings. The van der Waals surface area contributed by atoms with Crippen molar-refractivity contribution in [3.63, 3.8) is 0 Å². The zero-order valence-corrected chi connectivity index (χ0v) is 13.2. The number of hydrogen-bond acceptors (Lipinski definition) is 4. The van der Waals surface area contributed by atoms with Crippen LogP contribution in [0, 0.1) is 0 Å². The van der Waals surface area contributed by atoms with E-state index < -0.39 is 12.1 Å². The van der Waals surface area contributed by atoms with Crippen LogP contribution in [0.3, 0.4) is 0 Å². The summed E-state index contributed by atoms with van der Waals surface area (Å²) in [6.07, 6.45) is -0.503. The molecule has 0 unspecified atom stereocenters. The van der Waals surface area contributed by atoms with E-state index in [1.807, 2.05) is 0 Å². The van der Waals surface area contributed by atoms with Crippen molar-refractivity contribution in [2.24, 2.45) is 0 Å². The van der Waals surface area contributed by atoms with Crippen LogP contribution in [-0.2, 0) is 4.74 Å². The Kier molecular flexibility index (Phi) is 4.23. The van der Waals surface area contributed by atoms with E-state index >= 15 is 0 Å². The second kappa shape index (κ2) is 6.17. The average molecular weight is 338 g/mol. The largest absolute Gasteiger partial charge is 0.465 e. The van der Waals surface area contributed by atoms with E-state index in [0.717, 1.165) is 0 Å². The smallest absolute Gasteiger partial charge is 0.405 e. The molecule has 2 atom stereocenters. The van der Waals surface area contributed by atoms with E-state index in [2.05, 4.69) is 10.3 Å². The van der Waals surface area contributed by atoms with Gasteiger partial charge in [-0.25, -0.2) is 9.78 Å². The Morgan fingerprint density at radius 3 is 3.00 bits per heavy atom. The highest BCUT2D eigenvalue weighted by molar-refractivity contribution is 6.35. The van der Waals surface area contributed by atoms with Crippen molar-refractivity contribution in [1.29, 1.82) is 0 Å². The predicted octanol–water partition coefficient (Wildman–Crippen LogP) is 2.34. The monoisotopic (exact) mass is 337 g/mol. The summed E-state index contributed by atoms with van der Waals surface area (Å²) in [7, 11) is 0. The molecule has 3 rings (SSSR count). The van der Waals surface area contributed by atoms with Gasteiger partial charge in [0.25, 0.3) is 5.56 Å². The molecular weight excluding hydrogens is 322 g/mol. The maximum absolute atomic E-state index is 13.0. The van der Waals surface area contributed by atoms with E-state index in [0.29, 0.717) is 41.4 Å². The molecule has 1 aliphatic heterocycles. The van der Waals surface area contributed by atoms with E-state index in [9.17, 15) is 9.59 Å². The van der Waals surface area contributed by atoms with Gasteiger partial charge in [-0.1, -0.05) is 17.7 Å². The van der Waals surface area contributed by atoms with Gasteiger partial charge >= 0.3 is 6.09 Å². The summed E-state index contributed by atoms with van der Waals surface area (Å²) in [5, 5.41) is 12.0. The Morgan fingerprint density at radius 1 is 1.57 bits per heavy atom. The van der Waals surface area contributed by atoms with Crippen molar-refractivity contribution >= 4 is 28.6 Å². The Bertz CT molecular complexity index is 814. The van der Waals surface area contributed by atoms with Crippen LogP contribution in [0.2, 0.25) is 5.02 Å². The number of hydrogen-bond donors (Lipinski definition) is 2. The molecule has 2 N–H and O–H groups in total. The van der Waals surface area contributed by atoms with E-state index in [1.54, 1.807) is 25.1 Å². The van der Waals surface area contributed by atoms with E-state index in [1.165, 1.54) is 4.57 Å². The van der Waals surface area contributed by atoms with Gasteiger partial charge in [0.05, 0.1) is 34.6 Å². The summed E-state index contributed by atoms with van der Waals surface area (Å²) in [6.45, 7) is 2.60. The molecular formula is C15H16ClN3O4. The number of carboxylic acid groups (broad SMARTS) is 1. The normalized spacial score (nSPS) is 19.0. The van der Waals surface area contributed by atoms with Crippen LogP contribution in [-0.4, -0.2) is 34.0 Å². The number of ether oxygens (including phenoxy) is 1. The average Bonchev–Trinajstić information content (AvgIpc) is 3.00. The van der Waals surface area contributed by atoms with Crippen LogP contribution in [0.15, 0.2) is 23.0 Å². The first-order valence-electron chi connectivity index (χ1n) is 7.27. The lowest BCUT2D eigenvalue weighted by atomic mass is 10.1. The molecule has 1 amide bonds. The summed E-state index contributed by atoms with van der Waals surface area (Å²) in [5.41, 5.74) is 0.178. The first kappa shape index (κ1) is 15.8. The standard InChI is InChI=1S/C15H16ClN3O4/c1-8(17-15(21)22)13-18-11-4-2-3-10(16)12(11)14(20)19(13)9-5-6-23-7-9/h2-4,8-9,17H,5-7H2,1H3,(H,21,22)/t8-,9-/m0/s1. The fourth-order valence-corrected chi connectivity index (χ4v) is 3.10. The zero-order chi connectivity index (χ0) is 16.6.